The van der Waals surface area contributed by atoms with E-state index in [2.05, 4.69) is 37.3 Å². The van der Waals surface area contributed by atoms with Gasteiger partial charge in [-0.05, 0) is 59.9 Å². The largest absolute Gasteiger partial charge is 0.755 e. The third-order valence-electron chi connectivity index (χ3n) is 5.95. The predicted octanol–water partition coefficient (Wildman–Crippen LogP) is 6.93. The van der Waals surface area contributed by atoms with Crippen molar-refractivity contribution in [3.63, 3.8) is 0 Å². The summed E-state index contributed by atoms with van der Waals surface area (Å²) in [6.07, 6.45) is -4.28. The average Bonchev–Trinajstić information content (AvgIpc) is 3.11. The van der Waals surface area contributed by atoms with E-state index >= 15 is 0 Å². The minimum absolute atomic E-state index is 0.193. The van der Waals surface area contributed by atoms with E-state index in [1.165, 1.54) is 27.8 Å². The maximum atomic E-state index is 12.6. The number of rotatable bonds is 12. The molecule has 37 heavy (non-hydrogen) atoms. The molecule has 3 aromatic rings. The number of fused-ring (bicyclic) bond motifs is 1. The highest BCUT2D eigenvalue weighted by atomic mass is 32.2. The number of hydrogen-bond donors (Lipinski definition) is 0. The van der Waals surface area contributed by atoms with Gasteiger partial charge in [0.1, 0.15) is 10.8 Å². The van der Waals surface area contributed by atoms with E-state index in [-0.39, 0.29) is 18.3 Å². The summed E-state index contributed by atoms with van der Waals surface area (Å²) in [5.41, 5.74) is 1.72. The SMILES string of the molecule is Cc1c(N(CC(Cc2ccc(OC(F)(F)F)cc2)N(CC(C)C)CC(C)C)S(=O)[O-])sc2ccccc12. The van der Waals surface area contributed by atoms with Gasteiger partial charge in [-0.3, -0.25) is 13.4 Å². The molecule has 0 saturated carbocycles. The van der Waals surface area contributed by atoms with E-state index in [1.807, 2.05) is 31.2 Å². The van der Waals surface area contributed by atoms with E-state index in [9.17, 15) is 21.9 Å². The molecule has 2 aromatic carbocycles. The molecular weight excluding hydrogens is 521 g/mol. The van der Waals surface area contributed by atoms with Crippen molar-refractivity contribution < 1.29 is 26.7 Å². The maximum absolute atomic E-state index is 12.6. The standard InChI is InChI=1S/C27H35F3N2O3S2/c1-18(2)15-31(16-19(3)4)22(14-21-10-12-23(13-11-21)35-27(28,29)30)17-32(37(33)34)26-20(5)24-8-6-7-9-25(24)36-26/h6-13,18-19,22H,14-17H2,1-5H3,(H,33,34)/p-1. The minimum Gasteiger partial charge on any atom is -0.755 e. The average molecular weight is 556 g/mol. The smallest absolute Gasteiger partial charge is 0.573 e. The highest BCUT2D eigenvalue weighted by Crippen LogP contribution is 2.38. The second-order valence-electron chi connectivity index (χ2n) is 10.1. The molecule has 0 bridgehead atoms. The molecule has 0 spiro atoms. The molecular formula is C27H34F3N2O3S2-. The van der Waals surface area contributed by atoms with Crippen LogP contribution in [-0.2, 0) is 17.7 Å². The number of anilines is 1. The Hall–Kier alpha value is -2.14. The maximum Gasteiger partial charge on any atom is 0.573 e. The summed E-state index contributed by atoms with van der Waals surface area (Å²) in [6.45, 7) is 12.2. The third kappa shape index (κ3) is 8.43. The van der Waals surface area contributed by atoms with Gasteiger partial charge in [0.15, 0.2) is 0 Å². The van der Waals surface area contributed by atoms with Crippen molar-refractivity contribution >= 4 is 37.7 Å². The molecule has 2 atom stereocenters. The summed E-state index contributed by atoms with van der Waals surface area (Å²) in [7, 11) is 0. The highest BCUT2D eigenvalue weighted by Gasteiger charge is 2.31. The predicted molar refractivity (Wildman–Crippen MR) is 145 cm³/mol. The molecule has 3 rings (SSSR count). The zero-order valence-electron chi connectivity index (χ0n) is 21.7. The lowest BCUT2D eigenvalue weighted by atomic mass is 10.0. The van der Waals surface area contributed by atoms with Crippen LogP contribution in [0.15, 0.2) is 48.5 Å². The van der Waals surface area contributed by atoms with Crippen LogP contribution in [0.5, 0.6) is 5.75 Å². The molecule has 10 heteroatoms. The van der Waals surface area contributed by atoms with Crippen molar-refractivity contribution in [3.8, 4) is 5.75 Å². The van der Waals surface area contributed by atoms with Gasteiger partial charge in [0.05, 0.1) is 0 Å². The van der Waals surface area contributed by atoms with Gasteiger partial charge in [-0.15, -0.1) is 24.5 Å². The Morgan fingerprint density at radius 2 is 1.57 bits per heavy atom. The lowest BCUT2D eigenvalue weighted by Gasteiger charge is -2.38. The molecule has 0 fully saturated rings. The number of ether oxygens (including phenoxy) is 1. The van der Waals surface area contributed by atoms with Gasteiger partial charge in [-0.1, -0.05) is 58.0 Å². The van der Waals surface area contributed by atoms with Crippen LogP contribution in [0.3, 0.4) is 0 Å². The van der Waals surface area contributed by atoms with Crippen molar-refractivity contribution in [2.24, 2.45) is 11.8 Å². The van der Waals surface area contributed by atoms with Gasteiger partial charge >= 0.3 is 6.36 Å². The first kappa shape index (κ1) is 29.4. The molecule has 1 aromatic heterocycles. The second-order valence-corrected chi connectivity index (χ2v) is 12.0. The van der Waals surface area contributed by atoms with Gasteiger partial charge in [-0.25, -0.2) is 0 Å². The van der Waals surface area contributed by atoms with Gasteiger partial charge in [-0.2, -0.15) is 0 Å². The fraction of sp³-hybridized carbons (Fsp3) is 0.481. The molecule has 204 valence electrons. The van der Waals surface area contributed by atoms with Gasteiger partial charge in [0.25, 0.3) is 0 Å². The van der Waals surface area contributed by atoms with Crippen LogP contribution in [0.4, 0.5) is 18.2 Å². The van der Waals surface area contributed by atoms with Crippen LogP contribution in [-0.4, -0.2) is 45.7 Å². The van der Waals surface area contributed by atoms with Crippen LogP contribution >= 0.6 is 11.3 Å². The molecule has 0 aliphatic carbocycles. The Kier molecular flexibility index (Phi) is 10.0. The van der Waals surface area contributed by atoms with Crippen LogP contribution in [0.1, 0.15) is 38.8 Å². The molecule has 0 aliphatic rings. The first-order chi connectivity index (χ1) is 17.3. The van der Waals surface area contributed by atoms with Gasteiger partial charge in [0.2, 0.25) is 0 Å². The number of hydrogen-bond acceptors (Lipinski definition) is 5. The second kappa shape index (κ2) is 12.6. The number of benzene rings is 2. The Morgan fingerprint density at radius 3 is 2.08 bits per heavy atom. The van der Waals surface area contributed by atoms with Gasteiger partial charge < -0.3 is 9.29 Å². The van der Waals surface area contributed by atoms with Crippen LogP contribution in [0.2, 0.25) is 0 Å². The fourth-order valence-corrected chi connectivity index (χ4v) is 6.51. The van der Waals surface area contributed by atoms with E-state index in [0.29, 0.717) is 23.3 Å². The molecule has 2 unspecified atom stereocenters. The first-order valence-electron chi connectivity index (χ1n) is 12.3. The summed E-state index contributed by atoms with van der Waals surface area (Å²) in [6, 6.07) is 13.5. The number of nitrogens with zero attached hydrogens (tertiary/aromatic N) is 2. The normalized spacial score (nSPS) is 14.1. The lowest BCUT2D eigenvalue weighted by Crippen LogP contribution is -2.48. The first-order valence-corrected chi connectivity index (χ1v) is 14.1. The van der Waals surface area contributed by atoms with Crippen LogP contribution < -0.4 is 9.04 Å². The molecule has 0 amide bonds. The van der Waals surface area contributed by atoms with E-state index in [4.69, 9.17) is 0 Å². The fourth-order valence-electron chi connectivity index (χ4n) is 4.52. The quantitative estimate of drug-likeness (QED) is 0.227. The Bertz CT molecular complexity index is 1170. The Balaban J connectivity index is 1.96. The molecule has 0 N–H and O–H groups in total. The summed E-state index contributed by atoms with van der Waals surface area (Å²) >= 11 is -1.06. The molecule has 0 saturated heterocycles. The lowest BCUT2D eigenvalue weighted by molar-refractivity contribution is -0.274. The summed E-state index contributed by atoms with van der Waals surface area (Å²) in [5, 5.41) is 1.71. The molecule has 5 nitrogen and oxygen atoms in total. The zero-order chi connectivity index (χ0) is 27.3. The van der Waals surface area contributed by atoms with E-state index in [1.54, 1.807) is 12.1 Å². The zero-order valence-corrected chi connectivity index (χ0v) is 23.4. The Labute approximate surface area is 223 Å². The summed E-state index contributed by atoms with van der Waals surface area (Å²) < 4.78 is 69.4. The highest BCUT2D eigenvalue weighted by molar-refractivity contribution is 7.81. The van der Waals surface area contributed by atoms with E-state index in [0.717, 1.165) is 34.3 Å². The van der Waals surface area contributed by atoms with Crippen molar-refractivity contribution in [2.45, 2.75) is 53.4 Å². The number of thiophene rings is 1. The summed E-state index contributed by atoms with van der Waals surface area (Å²) in [4.78, 5) is 2.30. The monoisotopic (exact) mass is 555 g/mol. The molecule has 1 heterocycles. The van der Waals surface area contributed by atoms with E-state index < -0.39 is 17.6 Å². The van der Waals surface area contributed by atoms with Gasteiger partial charge in [0, 0.05) is 41.6 Å². The number of aryl methyl sites for hydroxylation is 1. The van der Waals surface area contributed by atoms with Crippen molar-refractivity contribution in [1.29, 1.82) is 0 Å². The van der Waals surface area contributed by atoms with Crippen molar-refractivity contribution in [1.82, 2.24) is 4.90 Å². The molecule has 0 aliphatic heterocycles. The van der Waals surface area contributed by atoms with Crippen molar-refractivity contribution in [2.75, 3.05) is 23.9 Å². The summed E-state index contributed by atoms with van der Waals surface area (Å²) in [5.74, 6) is 0.416. The third-order valence-corrected chi connectivity index (χ3v) is 8.05. The minimum atomic E-state index is -4.75. The van der Waals surface area contributed by atoms with Crippen molar-refractivity contribution in [3.05, 3.63) is 59.7 Å². The number of halogens is 3. The van der Waals surface area contributed by atoms with Crippen LogP contribution in [0.25, 0.3) is 10.1 Å². The molecule has 0 radical (unpaired) electrons. The number of alkyl halides is 3. The van der Waals surface area contributed by atoms with Crippen LogP contribution in [0, 0.1) is 18.8 Å². The Morgan fingerprint density at radius 1 is 0.973 bits per heavy atom. The topological polar surface area (TPSA) is 55.8 Å².